The van der Waals surface area contributed by atoms with E-state index in [0.717, 1.165) is 9.13 Å². The first-order valence-corrected chi connectivity index (χ1v) is 6.07. The van der Waals surface area contributed by atoms with Crippen molar-refractivity contribution in [2.75, 3.05) is 6.54 Å². The molecule has 1 N–H and O–H groups in total. The Bertz CT molecular complexity index is 375. The van der Waals surface area contributed by atoms with Gasteiger partial charge in [0.1, 0.15) is 0 Å². The Morgan fingerprint density at radius 3 is 2.35 bits per heavy atom. The molecule has 0 aromatic heterocycles. The molecule has 0 atom stereocenters. The topological polar surface area (TPSA) is 29.1 Å². The second kappa shape index (κ2) is 6.23. The van der Waals surface area contributed by atoms with Gasteiger partial charge in [0.15, 0.2) is 0 Å². The van der Waals surface area contributed by atoms with Crippen LogP contribution in [-0.4, -0.2) is 18.6 Å². The lowest BCUT2D eigenvalue weighted by atomic mass is 10.1. The molecule has 1 rings (SSSR count). The standard InChI is InChI=1S/C11H11F3INO/c12-11(13,14)10(17)16-7-1-2-8-3-5-9(15)6-4-8/h3-6H,1-2,7H2,(H,16,17). The number of hydrogen-bond acceptors (Lipinski definition) is 1. The van der Waals surface area contributed by atoms with E-state index in [9.17, 15) is 18.0 Å². The number of halogens is 4. The van der Waals surface area contributed by atoms with Crippen LogP contribution in [0, 0.1) is 3.57 Å². The van der Waals surface area contributed by atoms with Crippen LogP contribution in [0.5, 0.6) is 0 Å². The van der Waals surface area contributed by atoms with Gasteiger partial charge in [-0.25, -0.2) is 0 Å². The molecule has 0 fully saturated rings. The molecule has 1 aromatic carbocycles. The van der Waals surface area contributed by atoms with Crippen molar-refractivity contribution in [3.05, 3.63) is 33.4 Å². The lowest BCUT2D eigenvalue weighted by Crippen LogP contribution is -2.37. The highest BCUT2D eigenvalue weighted by Crippen LogP contribution is 2.14. The summed E-state index contributed by atoms with van der Waals surface area (Å²) >= 11 is 2.18. The molecule has 1 aromatic rings. The van der Waals surface area contributed by atoms with E-state index in [1.165, 1.54) is 0 Å². The SMILES string of the molecule is O=C(NCCCc1ccc(I)cc1)C(F)(F)F. The van der Waals surface area contributed by atoms with Gasteiger partial charge in [-0.3, -0.25) is 4.79 Å². The van der Waals surface area contributed by atoms with Crippen molar-refractivity contribution in [1.82, 2.24) is 5.32 Å². The molecule has 1 amide bonds. The van der Waals surface area contributed by atoms with Crippen LogP contribution in [0.4, 0.5) is 13.2 Å². The van der Waals surface area contributed by atoms with Gasteiger partial charge in [0.2, 0.25) is 0 Å². The Hall–Kier alpha value is -0.790. The van der Waals surface area contributed by atoms with E-state index >= 15 is 0 Å². The van der Waals surface area contributed by atoms with Crippen molar-refractivity contribution in [2.45, 2.75) is 19.0 Å². The zero-order valence-corrected chi connectivity index (χ0v) is 11.0. The third-order valence-corrected chi connectivity index (χ3v) is 2.82. The van der Waals surface area contributed by atoms with Crippen molar-refractivity contribution < 1.29 is 18.0 Å². The van der Waals surface area contributed by atoms with Crippen molar-refractivity contribution in [3.63, 3.8) is 0 Å². The number of carbonyl (C=O) groups excluding carboxylic acids is 1. The van der Waals surface area contributed by atoms with Gasteiger partial charge in [-0.15, -0.1) is 0 Å². The second-order valence-electron chi connectivity index (χ2n) is 3.48. The number of nitrogens with one attached hydrogen (secondary N) is 1. The van der Waals surface area contributed by atoms with Crippen LogP contribution in [0.3, 0.4) is 0 Å². The van der Waals surface area contributed by atoms with Crippen LogP contribution in [0.25, 0.3) is 0 Å². The van der Waals surface area contributed by atoms with Gasteiger partial charge in [0.05, 0.1) is 0 Å². The van der Waals surface area contributed by atoms with Gasteiger partial charge in [-0.2, -0.15) is 13.2 Å². The molecule has 94 valence electrons. The summed E-state index contributed by atoms with van der Waals surface area (Å²) in [5, 5.41) is 1.84. The maximum absolute atomic E-state index is 11.8. The van der Waals surface area contributed by atoms with E-state index in [2.05, 4.69) is 22.6 Å². The van der Waals surface area contributed by atoms with Gasteiger partial charge in [-0.05, 0) is 53.1 Å². The molecule has 0 radical (unpaired) electrons. The van der Waals surface area contributed by atoms with Gasteiger partial charge in [0.25, 0.3) is 0 Å². The molecule has 0 aliphatic heterocycles. The molecule has 0 aliphatic carbocycles. The number of hydrogen-bond donors (Lipinski definition) is 1. The monoisotopic (exact) mass is 357 g/mol. The average molecular weight is 357 g/mol. The first kappa shape index (κ1) is 14.3. The third kappa shape index (κ3) is 5.38. The summed E-state index contributed by atoms with van der Waals surface area (Å²) in [5.74, 6) is -1.87. The highest BCUT2D eigenvalue weighted by atomic mass is 127. The van der Waals surface area contributed by atoms with Gasteiger partial charge >= 0.3 is 12.1 Å². The fraction of sp³-hybridized carbons (Fsp3) is 0.364. The minimum absolute atomic E-state index is 0.0321. The lowest BCUT2D eigenvalue weighted by Gasteiger charge is -2.07. The summed E-state index contributed by atoms with van der Waals surface area (Å²) < 4.78 is 36.6. The molecule has 0 unspecified atom stereocenters. The van der Waals surface area contributed by atoms with Gasteiger partial charge in [0, 0.05) is 10.1 Å². The molecule has 0 spiro atoms. The van der Waals surface area contributed by atoms with Crippen LogP contribution in [0.15, 0.2) is 24.3 Å². The molecule has 0 heterocycles. The van der Waals surface area contributed by atoms with Crippen molar-refractivity contribution in [1.29, 1.82) is 0 Å². The summed E-state index contributed by atoms with van der Waals surface area (Å²) in [6.45, 7) is 0.0321. The van der Waals surface area contributed by atoms with E-state index in [4.69, 9.17) is 0 Å². The Kier molecular flexibility index (Phi) is 5.23. The van der Waals surface area contributed by atoms with Gasteiger partial charge in [-0.1, -0.05) is 12.1 Å². The lowest BCUT2D eigenvalue weighted by molar-refractivity contribution is -0.173. The fourth-order valence-electron chi connectivity index (χ4n) is 1.25. The minimum atomic E-state index is -4.79. The zero-order chi connectivity index (χ0) is 12.9. The first-order chi connectivity index (χ1) is 7.89. The summed E-state index contributed by atoms with van der Waals surface area (Å²) in [4.78, 5) is 10.5. The number of carbonyl (C=O) groups is 1. The number of benzene rings is 1. The number of aryl methyl sites for hydroxylation is 1. The van der Waals surface area contributed by atoms with Crippen molar-refractivity contribution in [2.24, 2.45) is 0 Å². The van der Waals surface area contributed by atoms with E-state index in [-0.39, 0.29) is 6.54 Å². The molecule has 0 aliphatic rings. The first-order valence-electron chi connectivity index (χ1n) is 4.99. The molecular formula is C11H11F3INO. The number of rotatable bonds is 4. The molecule has 2 nitrogen and oxygen atoms in total. The molecule has 0 saturated heterocycles. The maximum Gasteiger partial charge on any atom is 0.471 e. The van der Waals surface area contributed by atoms with Crippen LogP contribution < -0.4 is 5.32 Å². The summed E-state index contributed by atoms with van der Waals surface area (Å²) in [6, 6.07) is 7.72. The number of alkyl halides is 3. The number of amides is 1. The predicted octanol–water partition coefficient (Wildman–Crippen LogP) is 2.90. The second-order valence-corrected chi connectivity index (χ2v) is 4.73. The van der Waals surface area contributed by atoms with E-state index in [1.54, 1.807) is 0 Å². The average Bonchev–Trinajstić information content (AvgIpc) is 2.25. The summed E-state index contributed by atoms with van der Waals surface area (Å²) in [5.41, 5.74) is 1.05. The fourth-order valence-corrected chi connectivity index (χ4v) is 1.61. The van der Waals surface area contributed by atoms with E-state index < -0.39 is 12.1 Å². The molecule has 0 bridgehead atoms. The van der Waals surface area contributed by atoms with E-state index in [1.807, 2.05) is 29.6 Å². The van der Waals surface area contributed by atoms with Crippen LogP contribution in [0.1, 0.15) is 12.0 Å². The molecule has 17 heavy (non-hydrogen) atoms. The quantitative estimate of drug-likeness (QED) is 0.652. The van der Waals surface area contributed by atoms with Crippen LogP contribution in [0.2, 0.25) is 0 Å². The molecular weight excluding hydrogens is 346 g/mol. The predicted molar refractivity (Wildman–Crippen MR) is 66.5 cm³/mol. The van der Waals surface area contributed by atoms with Crippen LogP contribution in [-0.2, 0) is 11.2 Å². The Balaban J connectivity index is 2.25. The normalized spacial score (nSPS) is 11.3. The largest absolute Gasteiger partial charge is 0.471 e. The minimum Gasteiger partial charge on any atom is -0.348 e. The zero-order valence-electron chi connectivity index (χ0n) is 8.85. The molecule has 6 heteroatoms. The third-order valence-electron chi connectivity index (χ3n) is 2.10. The highest BCUT2D eigenvalue weighted by molar-refractivity contribution is 14.1. The van der Waals surface area contributed by atoms with Crippen molar-refractivity contribution >= 4 is 28.5 Å². The smallest absolute Gasteiger partial charge is 0.348 e. The Morgan fingerprint density at radius 1 is 1.24 bits per heavy atom. The van der Waals surface area contributed by atoms with E-state index in [0.29, 0.717) is 12.8 Å². The van der Waals surface area contributed by atoms with Crippen LogP contribution >= 0.6 is 22.6 Å². The summed E-state index contributed by atoms with van der Waals surface area (Å²) in [6.07, 6.45) is -3.65. The van der Waals surface area contributed by atoms with Gasteiger partial charge < -0.3 is 5.32 Å². The highest BCUT2D eigenvalue weighted by Gasteiger charge is 2.38. The van der Waals surface area contributed by atoms with Crippen molar-refractivity contribution in [3.8, 4) is 0 Å². The Morgan fingerprint density at radius 2 is 1.82 bits per heavy atom. The maximum atomic E-state index is 11.8. The summed E-state index contributed by atoms with van der Waals surface area (Å²) in [7, 11) is 0. The Labute approximate surface area is 111 Å². The molecule has 0 saturated carbocycles.